The van der Waals surface area contributed by atoms with Gasteiger partial charge in [-0.3, -0.25) is 19.6 Å². The van der Waals surface area contributed by atoms with E-state index < -0.39 is 17.7 Å². The number of hydrogen-bond acceptors (Lipinski definition) is 8. The van der Waals surface area contributed by atoms with Gasteiger partial charge in [0.15, 0.2) is 5.78 Å². The van der Waals surface area contributed by atoms with Crippen LogP contribution in [0.5, 0.6) is 11.6 Å². The molecule has 38 heavy (non-hydrogen) atoms. The lowest BCUT2D eigenvalue weighted by Crippen LogP contribution is -2.46. The molecule has 0 bridgehead atoms. The Balaban J connectivity index is 1.14. The molecule has 1 aromatic carbocycles. The second kappa shape index (κ2) is 11.5. The minimum Gasteiger partial charge on any atom is -0.857 e. The third kappa shape index (κ3) is 6.34. The van der Waals surface area contributed by atoms with E-state index in [4.69, 9.17) is 9.47 Å². The van der Waals surface area contributed by atoms with E-state index in [9.17, 15) is 19.5 Å². The van der Waals surface area contributed by atoms with Crippen molar-refractivity contribution in [1.29, 1.82) is 0 Å². The van der Waals surface area contributed by atoms with Gasteiger partial charge in [-0.25, -0.2) is 4.79 Å². The summed E-state index contributed by atoms with van der Waals surface area (Å²) in [5.41, 5.74) is 1.17. The maximum Gasteiger partial charge on any atom is 0.408 e. The van der Waals surface area contributed by atoms with Gasteiger partial charge >= 0.3 is 6.09 Å². The maximum absolute atomic E-state index is 12.5. The number of aryl methyl sites for hydroxylation is 1. The Morgan fingerprint density at radius 2 is 1.97 bits per heavy atom. The molecule has 10 heteroatoms. The van der Waals surface area contributed by atoms with Crippen molar-refractivity contribution in [3.63, 3.8) is 0 Å². The van der Waals surface area contributed by atoms with Crippen LogP contribution in [0.3, 0.4) is 0 Å². The highest BCUT2D eigenvalue weighted by Gasteiger charge is 2.53. The Morgan fingerprint density at radius 1 is 1.18 bits per heavy atom. The van der Waals surface area contributed by atoms with Gasteiger partial charge in [-0.15, -0.1) is 0 Å². The number of hydrogen-bond donors (Lipinski definition) is 1. The van der Waals surface area contributed by atoms with Crippen LogP contribution < -0.4 is 15.2 Å². The van der Waals surface area contributed by atoms with Crippen molar-refractivity contribution in [3.8, 4) is 11.6 Å². The summed E-state index contributed by atoms with van der Waals surface area (Å²) < 4.78 is 10.8. The number of ketones is 1. The monoisotopic (exact) mass is 525 g/mol. The third-order valence-electron chi connectivity index (χ3n) is 7.87. The smallest absolute Gasteiger partial charge is 0.408 e. The number of nitrogens with one attached hydrogen (secondary N) is 1. The lowest BCUT2D eigenvalue weighted by molar-refractivity contribution is -0.276. The summed E-state index contributed by atoms with van der Waals surface area (Å²) in [4.78, 5) is 46.9. The molecule has 4 atom stereocenters. The van der Waals surface area contributed by atoms with E-state index in [0.29, 0.717) is 35.4 Å². The van der Waals surface area contributed by atoms with E-state index in [0.717, 1.165) is 38.5 Å². The third-order valence-corrected chi connectivity index (χ3v) is 7.87. The number of alkyl carbamates (subject to hydrolysis) is 1. The molecule has 1 saturated carbocycles. The van der Waals surface area contributed by atoms with Gasteiger partial charge in [0, 0.05) is 24.4 Å². The van der Waals surface area contributed by atoms with Crippen LogP contribution in [0.1, 0.15) is 65.0 Å². The van der Waals surface area contributed by atoms with Crippen LogP contribution in [0.2, 0.25) is 0 Å². The number of carbonyl (C=O) groups is 3. The molecule has 1 aliphatic carbocycles. The number of methoxy groups -OCH3 is 1. The quantitative estimate of drug-likeness (QED) is 0.442. The predicted octanol–water partition coefficient (Wildman–Crippen LogP) is 3.15. The van der Waals surface area contributed by atoms with Crippen molar-refractivity contribution in [2.24, 2.45) is 11.8 Å². The first-order valence-corrected chi connectivity index (χ1v) is 13.4. The Labute approximate surface area is 223 Å². The Kier molecular flexibility index (Phi) is 8.38. The van der Waals surface area contributed by atoms with E-state index >= 15 is 0 Å². The zero-order chi connectivity index (χ0) is 27.4. The Hall–Kier alpha value is -3.43. The van der Waals surface area contributed by atoms with Gasteiger partial charge < -0.3 is 24.8 Å². The molecule has 1 aromatic heterocycles. The molecule has 2 fully saturated rings. The normalized spacial score (nSPS) is 24.3. The lowest BCUT2D eigenvalue weighted by Gasteiger charge is -2.25. The number of aromatic nitrogens is 2. The van der Waals surface area contributed by atoms with Crippen molar-refractivity contribution < 1.29 is 29.0 Å². The zero-order valence-electron chi connectivity index (χ0n) is 22.6. The average molecular weight is 526 g/mol. The van der Waals surface area contributed by atoms with Crippen LogP contribution in [0.4, 0.5) is 4.79 Å². The lowest BCUT2D eigenvalue weighted by atomic mass is 10.00. The fourth-order valence-corrected chi connectivity index (χ4v) is 5.51. The Morgan fingerprint density at radius 3 is 2.71 bits per heavy atom. The summed E-state index contributed by atoms with van der Waals surface area (Å²) in [6, 6.07) is 4.90. The number of likely N-dealkylation sites (tertiary alicyclic amines) is 1. The largest absolute Gasteiger partial charge is 0.857 e. The highest BCUT2D eigenvalue weighted by molar-refractivity contribution is 5.90. The van der Waals surface area contributed by atoms with Gasteiger partial charge in [0.1, 0.15) is 17.9 Å². The van der Waals surface area contributed by atoms with E-state index in [2.05, 4.69) is 15.3 Å². The highest BCUT2D eigenvalue weighted by atomic mass is 16.6. The highest BCUT2D eigenvalue weighted by Crippen LogP contribution is 2.49. The number of unbranched alkanes of at least 4 members (excludes halogenated alkanes) is 2. The topological polar surface area (TPSA) is 134 Å². The van der Waals surface area contributed by atoms with Crippen molar-refractivity contribution in [2.75, 3.05) is 20.2 Å². The summed E-state index contributed by atoms with van der Waals surface area (Å²) in [6.45, 7) is 5.73. The van der Waals surface area contributed by atoms with Crippen LogP contribution in [-0.4, -0.2) is 64.5 Å². The first-order valence-electron chi connectivity index (χ1n) is 13.4. The number of nitrogens with zero attached hydrogens (tertiary/aromatic N) is 3. The average Bonchev–Trinajstić information content (AvgIpc) is 3.32. The van der Waals surface area contributed by atoms with Crippen molar-refractivity contribution in [2.45, 2.75) is 77.4 Å². The minimum absolute atomic E-state index is 0.0287. The number of Topliss-reactive ketones (excluding diaryl/α,β-unsaturated/α-hetero) is 1. The molecule has 0 spiro atoms. The summed E-state index contributed by atoms with van der Waals surface area (Å²) >= 11 is 0. The molecule has 2 aliphatic rings. The summed E-state index contributed by atoms with van der Waals surface area (Å²) in [5.74, 6) is 0.452. The van der Waals surface area contributed by atoms with Crippen molar-refractivity contribution in [1.82, 2.24) is 20.2 Å². The fraction of sp³-hybridized carbons (Fsp3) is 0.607. The van der Waals surface area contributed by atoms with Crippen LogP contribution in [0.25, 0.3) is 11.0 Å². The molecule has 4 rings (SSSR count). The molecule has 1 saturated heterocycles. The Bertz CT molecular complexity index is 1200. The van der Waals surface area contributed by atoms with E-state index in [1.54, 1.807) is 30.2 Å². The summed E-state index contributed by atoms with van der Waals surface area (Å²) in [7, 11) is 1.57. The first-order chi connectivity index (χ1) is 18.1. The van der Waals surface area contributed by atoms with Crippen LogP contribution in [-0.2, 0) is 20.7 Å². The standard InChI is InChI=1S/C28H38N4O6/c1-17-12-13-32(25(17)18(2)33)24(34)16-29-27(36)38-28(3)15-19(28)8-6-5-7-9-22-26(35)31-23-14-20(37-4)10-11-21(23)30-22/h10-11,14,17,19,25H,5-9,12-13,15-16H2,1-4H3,(H,29,36)(H,31,35)/p-1/t17-,19-,25+,28?/m1/s1. The molecule has 206 valence electrons. The fourth-order valence-electron chi connectivity index (χ4n) is 5.51. The van der Waals surface area contributed by atoms with Crippen LogP contribution in [0.15, 0.2) is 18.2 Å². The number of carbonyl (C=O) groups excluding carboxylic acids is 3. The minimum atomic E-state index is -0.606. The van der Waals surface area contributed by atoms with Gasteiger partial charge in [-0.1, -0.05) is 19.8 Å². The van der Waals surface area contributed by atoms with Crippen molar-refractivity contribution >= 4 is 28.8 Å². The molecular weight excluding hydrogens is 488 g/mol. The number of benzene rings is 1. The number of amides is 2. The SMILES string of the molecule is COc1ccc2nc(CCCCC[C@@H]3CC3(C)OC(=O)NCC(=O)N3CC[C@@H](C)[C@H]3C(C)=O)c([O-])nc2c1. The van der Waals surface area contributed by atoms with Gasteiger partial charge in [0.05, 0.1) is 29.9 Å². The maximum atomic E-state index is 12.5. The summed E-state index contributed by atoms with van der Waals surface area (Å²) in [6.07, 6.45) is 5.17. The van der Waals surface area contributed by atoms with E-state index in [1.165, 1.54) is 6.92 Å². The predicted molar refractivity (Wildman–Crippen MR) is 139 cm³/mol. The molecule has 2 aromatic rings. The van der Waals surface area contributed by atoms with Gasteiger partial charge in [-0.05, 0) is 64.0 Å². The summed E-state index contributed by atoms with van der Waals surface area (Å²) in [5, 5.41) is 14.9. The number of rotatable bonds is 11. The molecule has 1 unspecified atom stereocenters. The zero-order valence-corrected chi connectivity index (χ0v) is 22.6. The molecule has 2 heterocycles. The molecular formula is C28H37N4O6-. The van der Waals surface area contributed by atoms with Gasteiger partial charge in [-0.2, -0.15) is 0 Å². The van der Waals surface area contributed by atoms with Crippen LogP contribution >= 0.6 is 0 Å². The molecule has 1 N–H and O–H groups in total. The van der Waals surface area contributed by atoms with Gasteiger partial charge in [0.2, 0.25) is 5.91 Å². The molecule has 10 nitrogen and oxygen atoms in total. The second-order valence-corrected chi connectivity index (χ2v) is 10.8. The molecule has 0 radical (unpaired) electrons. The van der Waals surface area contributed by atoms with E-state index in [-0.39, 0.29) is 36.0 Å². The molecule has 1 aliphatic heterocycles. The van der Waals surface area contributed by atoms with E-state index in [1.807, 2.05) is 13.8 Å². The molecule has 2 amide bonds. The van der Waals surface area contributed by atoms with Gasteiger partial charge in [0.25, 0.3) is 0 Å². The first kappa shape index (κ1) is 27.6. The van der Waals surface area contributed by atoms with Crippen molar-refractivity contribution in [3.05, 3.63) is 23.9 Å². The number of ether oxygens (including phenoxy) is 2. The van der Waals surface area contributed by atoms with Crippen LogP contribution in [0, 0.1) is 11.8 Å². The number of fused-ring (bicyclic) bond motifs is 1. The second-order valence-electron chi connectivity index (χ2n) is 10.8.